The second kappa shape index (κ2) is 38.9. The van der Waals surface area contributed by atoms with Gasteiger partial charge in [0.25, 0.3) is 0 Å². The molecule has 0 aromatic rings. The Morgan fingerprint density at radius 2 is 1.00 bits per heavy atom. The van der Waals surface area contributed by atoms with Crippen LogP contribution < -0.4 is 5.73 Å². The lowest BCUT2D eigenvalue weighted by Gasteiger charge is -2.20. The van der Waals surface area contributed by atoms with Gasteiger partial charge in [0, 0.05) is 6.61 Å². The maximum Gasteiger partial charge on any atom is 0.472 e. The predicted octanol–water partition coefficient (Wildman–Crippen LogP) is 10.7. The molecule has 0 bridgehead atoms. The van der Waals surface area contributed by atoms with E-state index in [1.54, 1.807) is 6.08 Å². The van der Waals surface area contributed by atoms with Gasteiger partial charge in [-0.05, 0) is 77.0 Å². The van der Waals surface area contributed by atoms with Crippen LogP contribution in [0.5, 0.6) is 0 Å². The molecular formula is C44H70NO9P. The number of phosphoric acid groups is 1. The van der Waals surface area contributed by atoms with Crippen LogP contribution in [0.25, 0.3) is 0 Å². The number of carbonyl (C=O) groups is 2. The number of phosphoric ester groups is 1. The number of rotatable bonds is 36. The molecule has 0 saturated heterocycles. The quantitative estimate of drug-likeness (QED) is 0.0242. The van der Waals surface area contributed by atoms with Crippen LogP contribution in [0.3, 0.4) is 0 Å². The summed E-state index contributed by atoms with van der Waals surface area (Å²) in [5.41, 5.74) is 5.33. The SMILES string of the molecule is CC/C=C\C/C=C\C/C=C\C/C=C\C/C=C\CC(=O)OC(COCCCCCCC/C=C\C/C=C\C/C=C\C/C=C\CC)COP(=O)(O)OCC(N)C(=O)O. The van der Waals surface area contributed by atoms with Crippen LogP contribution in [0.1, 0.15) is 117 Å². The third-order valence-electron chi connectivity index (χ3n) is 7.58. The highest BCUT2D eigenvalue weighted by molar-refractivity contribution is 7.47. The topological polar surface area (TPSA) is 155 Å². The summed E-state index contributed by atoms with van der Waals surface area (Å²) in [5.74, 6) is -1.94. The zero-order chi connectivity index (χ0) is 40.5. The molecule has 55 heavy (non-hydrogen) atoms. The minimum Gasteiger partial charge on any atom is -0.480 e. The molecule has 3 atom stereocenters. The molecule has 0 aliphatic rings. The van der Waals surface area contributed by atoms with Crippen LogP contribution in [0, 0.1) is 0 Å². The zero-order valence-electron chi connectivity index (χ0n) is 33.5. The molecule has 11 heteroatoms. The van der Waals surface area contributed by atoms with Crippen molar-refractivity contribution in [2.75, 3.05) is 26.4 Å². The van der Waals surface area contributed by atoms with Crippen molar-refractivity contribution in [3.8, 4) is 0 Å². The molecule has 0 saturated carbocycles. The lowest BCUT2D eigenvalue weighted by molar-refractivity contribution is -0.153. The average molecular weight is 788 g/mol. The van der Waals surface area contributed by atoms with Gasteiger partial charge in [-0.1, -0.05) is 142 Å². The van der Waals surface area contributed by atoms with Crippen LogP contribution in [0.4, 0.5) is 0 Å². The molecular weight excluding hydrogens is 717 g/mol. The number of nitrogens with two attached hydrogens (primary N) is 1. The smallest absolute Gasteiger partial charge is 0.472 e. The summed E-state index contributed by atoms with van der Waals surface area (Å²) in [6, 6.07) is -1.50. The van der Waals surface area contributed by atoms with Crippen molar-refractivity contribution in [2.45, 2.75) is 129 Å². The second-order valence-corrected chi connectivity index (χ2v) is 14.1. The van der Waals surface area contributed by atoms with Crippen molar-refractivity contribution >= 4 is 19.8 Å². The fourth-order valence-electron chi connectivity index (χ4n) is 4.55. The Labute approximate surface area is 331 Å². The molecule has 0 aromatic heterocycles. The van der Waals surface area contributed by atoms with E-state index in [1.165, 1.54) is 0 Å². The Hall–Kier alpha value is -3.37. The first-order valence-corrected chi connectivity index (χ1v) is 21.4. The lowest BCUT2D eigenvalue weighted by Crippen LogP contribution is -2.34. The van der Waals surface area contributed by atoms with Gasteiger partial charge in [-0.25, -0.2) is 4.57 Å². The van der Waals surface area contributed by atoms with Gasteiger partial charge in [-0.15, -0.1) is 0 Å². The Balaban J connectivity index is 4.48. The van der Waals surface area contributed by atoms with Crippen molar-refractivity contribution in [3.05, 3.63) is 109 Å². The van der Waals surface area contributed by atoms with Gasteiger partial charge >= 0.3 is 19.8 Å². The summed E-state index contributed by atoms with van der Waals surface area (Å²) in [6.07, 6.45) is 51.7. The monoisotopic (exact) mass is 787 g/mol. The van der Waals surface area contributed by atoms with Crippen LogP contribution >= 0.6 is 7.82 Å². The van der Waals surface area contributed by atoms with E-state index in [9.17, 15) is 19.0 Å². The summed E-state index contributed by atoms with van der Waals surface area (Å²) >= 11 is 0. The fraction of sp³-hybridized carbons (Fsp3) is 0.545. The van der Waals surface area contributed by atoms with Crippen molar-refractivity contribution in [3.63, 3.8) is 0 Å². The van der Waals surface area contributed by atoms with Crippen LogP contribution in [0.2, 0.25) is 0 Å². The standard InChI is InChI=1S/C44H70NO9P/c1-3-5-7-9-11-13-15-17-19-20-21-23-25-27-29-31-33-35-37-51-38-41(39-52-55(49,50)53-40-42(45)44(47)48)54-43(46)36-34-32-30-28-26-24-22-18-16-14-12-10-8-6-4-2/h5-8,11-14,17-19,21-23,26,28,32,34,41-42H,3-4,9-10,15-16,20,24-25,27,29-31,33,35-40,45H2,1-2H3,(H,47,48)(H,49,50)/b7-5-,8-6-,13-11-,14-12-,19-17-,22-18-,23-21-,28-26-,34-32-. The van der Waals surface area contributed by atoms with E-state index in [0.717, 1.165) is 89.9 Å². The number of esters is 1. The Morgan fingerprint density at radius 3 is 1.49 bits per heavy atom. The van der Waals surface area contributed by atoms with E-state index in [4.69, 9.17) is 24.8 Å². The molecule has 0 aliphatic carbocycles. The number of carbonyl (C=O) groups excluding carboxylic acids is 1. The summed E-state index contributed by atoms with van der Waals surface area (Å²) in [7, 11) is -4.65. The summed E-state index contributed by atoms with van der Waals surface area (Å²) in [6.45, 7) is 3.44. The number of hydrogen-bond acceptors (Lipinski definition) is 8. The van der Waals surface area contributed by atoms with Gasteiger partial charge in [-0.3, -0.25) is 18.6 Å². The summed E-state index contributed by atoms with van der Waals surface area (Å²) in [4.78, 5) is 33.4. The molecule has 0 amide bonds. The lowest BCUT2D eigenvalue weighted by atomic mass is 10.1. The first-order valence-electron chi connectivity index (χ1n) is 19.9. The van der Waals surface area contributed by atoms with E-state index in [0.29, 0.717) is 13.0 Å². The minimum absolute atomic E-state index is 0.00564. The Morgan fingerprint density at radius 1 is 0.582 bits per heavy atom. The number of carboxylic acids is 1. The maximum absolute atomic E-state index is 12.5. The van der Waals surface area contributed by atoms with Crippen molar-refractivity contribution in [1.82, 2.24) is 0 Å². The number of aliphatic carboxylic acids is 1. The van der Waals surface area contributed by atoms with Crippen LogP contribution in [-0.4, -0.2) is 60.5 Å². The zero-order valence-corrected chi connectivity index (χ0v) is 34.4. The number of carboxylic acid groups (broad SMARTS) is 1. The van der Waals surface area contributed by atoms with Crippen molar-refractivity contribution < 1.29 is 42.7 Å². The van der Waals surface area contributed by atoms with Gasteiger partial charge in [0.1, 0.15) is 12.1 Å². The molecule has 4 N–H and O–H groups in total. The molecule has 0 fully saturated rings. The molecule has 0 radical (unpaired) electrons. The third-order valence-corrected chi connectivity index (χ3v) is 8.53. The van der Waals surface area contributed by atoms with Crippen molar-refractivity contribution in [2.24, 2.45) is 5.73 Å². The molecule has 0 aliphatic heterocycles. The van der Waals surface area contributed by atoms with E-state index in [2.05, 4.69) is 110 Å². The fourth-order valence-corrected chi connectivity index (χ4v) is 5.33. The Kier molecular flexibility index (Phi) is 36.5. The second-order valence-electron chi connectivity index (χ2n) is 12.7. The van der Waals surface area contributed by atoms with Gasteiger partial charge in [0.05, 0.1) is 26.2 Å². The van der Waals surface area contributed by atoms with Gasteiger partial charge < -0.3 is 25.2 Å². The molecule has 310 valence electrons. The molecule has 3 unspecified atom stereocenters. The summed E-state index contributed by atoms with van der Waals surface area (Å²) in [5, 5.41) is 8.88. The average Bonchev–Trinajstić information content (AvgIpc) is 3.16. The maximum atomic E-state index is 12.5. The molecule has 0 aromatic carbocycles. The normalized spacial score (nSPS) is 15.1. The Bertz CT molecular complexity index is 1280. The number of ether oxygens (including phenoxy) is 2. The van der Waals surface area contributed by atoms with E-state index >= 15 is 0 Å². The highest BCUT2D eigenvalue weighted by atomic mass is 31.2. The highest BCUT2D eigenvalue weighted by Gasteiger charge is 2.27. The minimum atomic E-state index is -4.65. The molecule has 0 rings (SSSR count). The van der Waals surface area contributed by atoms with Gasteiger partial charge in [0.2, 0.25) is 0 Å². The third kappa shape index (κ3) is 38.7. The first-order chi connectivity index (χ1) is 26.7. The molecule has 0 spiro atoms. The number of hydrogen-bond donors (Lipinski definition) is 3. The van der Waals surface area contributed by atoms with Gasteiger partial charge in [-0.2, -0.15) is 0 Å². The van der Waals surface area contributed by atoms with Crippen LogP contribution in [-0.2, 0) is 32.7 Å². The van der Waals surface area contributed by atoms with E-state index < -0.39 is 45.1 Å². The summed E-state index contributed by atoms with van der Waals surface area (Å²) < 4.78 is 33.1. The van der Waals surface area contributed by atoms with E-state index in [1.807, 2.05) is 12.2 Å². The predicted molar refractivity (Wildman–Crippen MR) is 226 cm³/mol. The molecule has 10 nitrogen and oxygen atoms in total. The first kappa shape index (κ1) is 51.6. The number of unbranched alkanes of at least 4 members (excludes halogenated alkanes) is 5. The molecule has 0 heterocycles. The highest BCUT2D eigenvalue weighted by Crippen LogP contribution is 2.43. The van der Waals surface area contributed by atoms with Crippen molar-refractivity contribution in [1.29, 1.82) is 0 Å². The van der Waals surface area contributed by atoms with E-state index in [-0.39, 0.29) is 13.0 Å². The van der Waals surface area contributed by atoms with Gasteiger partial charge in [0.15, 0.2) is 0 Å². The van der Waals surface area contributed by atoms with Crippen LogP contribution in [0.15, 0.2) is 109 Å². The largest absolute Gasteiger partial charge is 0.480 e. The number of allylic oxidation sites excluding steroid dienone is 17.